The highest BCUT2D eigenvalue weighted by Crippen LogP contribution is 2.21. The molecule has 4 nitrogen and oxygen atoms in total. The van der Waals surface area contributed by atoms with E-state index in [2.05, 4.69) is 0 Å². The van der Waals surface area contributed by atoms with Crippen molar-refractivity contribution >= 4 is 11.8 Å². The molecule has 0 saturated heterocycles. The van der Waals surface area contributed by atoms with Crippen LogP contribution in [0, 0.1) is 0 Å². The Morgan fingerprint density at radius 2 is 1.88 bits per heavy atom. The van der Waals surface area contributed by atoms with Crippen LogP contribution in [0.1, 0.15) is 35.2 Å². The molecule has 0 aliphatic carbocycles. The van der Waals surface area contributed by atoms with E-state index in [9.17, 15) is 9.59 Å². The molecule has 0 bridgehead atoms. The minimum atomic E-state index is -0.506. The highest BCUT2D eigenvalue weighted by molar-refractivity contribution is 5.97. The largest absolute Gasteiger partial charge is 0.469 e. The Morgan fingerprint density at radius 1 is 1.29 bits per heavy atom. The molecule has 0 aliphatic rings. The molecule has 1 N–H and O–H groups in total. The maximum absolute atomic E-state index is 11.5. The standard InChI is InChI=1S/C13H16O4/c1-3-11(13(16)17-2)9-4-6-10(7-5-9)12(15)8-14/h4-7,11,14H,3,8H2,1-2H3. The Hall–Kier alpha value is -1.68. The highest BCUT2D eigenvalue weighted by atomic mass is 16.5. The van der Waals surface area contributed by atoms with Crippen LogP contribution in [0.15, 0.2) is 24.3 Å². The molecule has 0 radical (unpaired) electrons. The van der Waals surface area contributed by atoms with E-state index in [0.717, 1.165) is 5.56 Å². The van der Waals surface area contributed by atoms with Gasteiger partial charge in [0.15, 0.2) is 5.78 Å². The molecule has 0 fully saturated rings. The molecule has 1 atom stereocenters. The van der Waals surface area contributed by atoms with E-state index < -0.39 is 6.61 Å². The van der Waals surface area contributed by atoms with Gasteiger partial charge in [0, 0.05) is 5.56 Å². The minimum absolute atomic E-state index is 0.284. The van der Waals surface area contributed by atoms with Crippen LogP contribution in [0.2, 0.25) is 0 Å². The van der Waals surface area contributed by atoms with Crippen LogP contribution in [0.3, 0.4) is 0 Å². The number of carbonyl (C=O) groups is 2. The van der Waals surface area contributed by atoms with Crippen molar-refractivity contribution in [1.82, 2.24) is 0 Å². The maximum atomic E-state index is 11.5. The summed E-state index contributed by atoms with van der Waals surface area (Å²) < 4.78 is 4.71. The number of hydrogen-bond acceptors (Lipinski definition) is 4. The summed E-state index contributed by atoms with van der Waals surface area (Å²) in [5.74, 6) is -0.922. The van der Waals surface area contributed by atoms with Gasteiger partial charge in [0.1, 0.15) is 6.61 Å². The normalized spacial score (nSPS) is 11.9. The van der Waals surface area contributed by atoms with Crippen molar-refractivity contribution in [1.29, 1.82) is 0 Å². The number of methoxy groups -OCH3 is 1. The quantitative estimate of drug-likeness (QED) is 0.622. The van der Waals surface area contributed by atoms with Gasteiger partial charge >= 0.3 is 5.97 Å². The lowest BCUT2D eigenvalue weighted by Crippen LogP contribution is -2.13. The first kappa shape index (κ1) is 13.4. The molecule has 0 heterocycles. The SMILES string of the molecule is CCC(C(=O)OC)c1ccc(C(=O)CO)cc1. The van der Waals surface area contributed by atoms with Gasteiger partial charge in [-0.2, -0.15) is 0 Å². The van der Waals surface area contributed by atoms with E-state index in [1.54, 1.807) is 24.3 Å². The third-order valence-corrected chi connectivity index (χ3v) is 2.67. The molecule has 1 rings (SSSR count). The van der Waals surface area contributed by atoms with Crippen molar-refractivity contribution in [3.8, 4) is 0 Å². The van der Waals surface area contributed by atoms with Gasteiger partial charge in [0.25, 0.3) is 0 Å². The number of esters is 1. The Balaban J connectivity index is 2.92. The second kappa shape index (κ2) is 6.15. The highest BCUT2D eigenvalue weighted by Gasteiger charge is 2.19. The molecule has 1 aromatic carbocycles. The van der Waals surface area contributed by atoms with Crippen LogP contribution in [0.4, 0.5) is 0 Å². The van der Waals surface area contributed by atoms with E-state index >= 15 is 0 Å². The summed E-state index contributed by atoms with van der Waals surface area (Å²) in [5.41, 5.74) is 1.25. The molecular weight excluding hydrogens is 220 g/mol. The lowest BCUT2D eigenvalue weighted by Gasteiger charge is -2.12. The van der Waals surface area contributed by atoms with Crippen molar-refractivity contribution in [2.75, 3.05) is 13.7 Å². The van der Waals surface area contributed by atoms with Gasteiger partial charge in [-0.25, -0.2) is 0 Å². The van der Waals surface area contributed by atoms with Crippen LogP contribution in [0.5, 0.6) is 0 Å². The molecule has 0 aliphatic heterocycles. The third-order valence-electron chi connectivity index (χ3n) is 2.67. The first-order chi connectivity index (χ1) is 8.13. The molecule has 1 unspecified atom stereocenters. The van der Waals surface area contributed by atoms with Gasteiger partial charge in [0.2, 0.25) is 0 Å². The number of ether oxygens (including phenoxy) is 1. The first-order valence-corrected chi connectivity index (χ1v) is 5.45. The van der Waals surface area contributed by atoms with Gasteiger partial charge in [0.05, 0.1) is 13.0 Å². The van der Waals surface area contributed by atoms with Gasteiger partial charge in [-0.1, -0.05) is 31.2 Å². The van der Waals surface area contributed by atoms with E-state index in [4.69, 9.17) is 9.84 Å². The fourth-order valence-electron chi connectivity index (χ4n) is 1.67. The zero-order valence-corrected chi connectivity index (χ0v) is 9.97. The lowest BCUT2D eigenvalue weighted by atomic mass is 9.95. The second-order valence-electron chi connectivity index (χ2n) is 3.69. The topological polar surface area (TPSA) is 63.6 Å². The van der Waals surface area contributed by atoms with Crippen molar-refractivity contribution in [3.05, 3.63) is 35.4 Å². The van der Waals surface area contributed by atoms with Gasteiger partial charge in [-0.3, -0.25) is 9.59 Å². The maximum Gasteiger partial charge on any atom is 0.313 e. The van der Waals surface area contributed by atoms with E-state index in [1.807, 2.05) is 6.92 Å². The van der Waals surface area contributed by atoms with Gasteiger partial charge in [-0.05, 0) is 12.0 Å². The Morgan fingerprint density at radius 3 is 2.29 bits per heavy atom. The summed E-state index contributed by atoms with van der Waals surface area (Å²) in [4.78, 5) is 22.7. The van der Waals surface area contributed by atoms with Crippen molar-refractivity contribution in [2.45, 2.75) is 19.3 Å². The number of carbonyl (C=O) groups excluding carboxylic acids is 2. The minimum Gasteiger partial charge on any atom is -0.469 e. The summed E-state index contributed by atoms with van der Waals surface area (Å²) in [6.45, 7) is 1.39. The van der Waals surface area contributed by atoms with Crippen LogP contribution in [-0.2, 0) is 9.53 Å². The zero-order chi connectivity index (χ0) is 12.8. The fraction of sp³-hybridized carbons (Fsp3) is 0.385. The Bertz CT molecular complexity index is 394. The van der Waals surface area contributed by atoms with Crippen LogP contribution >= 0.6 is 0 Å². The monoisotopic (exact) mass is 236 g/mol. The molecule has 0 spiro atoms. The first-order valence-electron chi connectivity index (χ1n) is 5.45. The second-order valence-corrected chi connectivity index (χ2v) is 3.69. The number of Topliss-reactive ketones (excluding diaryl/α,β-unsaturated/α-hetero) is 1. The summed E-state index contributed by atoms with van der Waals surface area (Å²) >= 11 is 0. The molecular formula is C13H16O4. The zero-order valence-electron chi connectivity index (χ0n) is 9.97. The van der Waals surface area contributed by atoms with Crippen LogP contribution < -0.4 is 0 Å². The van der Waals surface area contributed by atoms with E-state index in [-0.39, 0.29) is 17.7 Å². The van der Waals surface area contributed by atoms with Crippen LogP contribution in [0.25, 0.3) is 0 Å². The average molecular weight is 236 g/mol. The molecule has 17 heavy (non-hydrogen) atoms. The Kier molecular flexibility index (Phi) is 4.84. The van der Waals surface area contributed by atoms with Gasteiger partial charge in [-0.15, -0.1) is 0 Å². The van der Waals surface area contributed by atoms with Crippen molar-refractivity contribution < 1.29 is 19.4 Å². The molecule has 1 aromatic rings. The molecule has 92 valence electrons. The number of ketones is 1. The smallest absolute Gasteiger partial charge is 0.313 e. The number of aliphatic hydroxyl groups is 1. The number of aliphatic hydroxyl groups excluding tert-OH is 1. The average Bonchev–Trinajstić information content (AvgIpc) is 2.39. The van der Waals surface area contributed by atoms with E-state index in [0.29, 0.717) is 12.0 Å². The third kappa shape index (κ3) is 3.14. The summed E-state index contributed by atoms with van der Waals surface area (Å²) in [6, 6.07) is 6.65. The summed E-state index contributed by atoms with van der Waals surface area (Å²) in [5, 5.41) is 8.72. The number of rotatable bonds is 5. The van der Waals surface area contributed by atoms with Crippen LogP contribution in [-0.4, -0.2) is 30.6 Å². The Labute approximate surface area is 100 Å². The fourth-order valence-corrected chi connectivity index (χ4v) is 1.67. The van der Waals surface area contributed by atoms with Crippen molar-refractivity contribution in [2.24, 2.45) is 0 Å². The van der Waals surface area contributed by atoms with Crippen molar-refractivity contribution in [3.63, 3.8) is 0 Å². The predicted octanol–water partition coefficient (Wildman–Crippen LogP) is 1.53. The van der Waals surface area contributed by atoms with Gasteiger partial charge < -0.3 is 9.84 Å². The lowest BCUT2D eigenvalue weighted by molar-refractivity contribution is -0.142. The molecule has 4 heteroatoms. The molecule has 0 amide bonds. The summed E-state index contributed by atoms with van der Waals surface area (Å²) in [7, 11) is 1.36. The molecule has 0 aromatic heterocycles. The molecule has 0 saturated carbocycles. The predicted molar refractivity (Wildman–Crippen MR) is 62.9 cm³/mol. The summed E-state index contributed by atoms with van der Waals surface area (Å²) in [6.07, 6.45) is 0.639. The number of hydrogen-bond donors (Lipinski definition) is 1. The van der Waals surface area contributed by atoms with E-state index in [1.165, 1.54) is 7.11 Å². The number of benzene rings is 1.